The quantitative estimate of drug-likeness (QED) is 0.686. The summed E-state index contributed by atoms with van der Waals surface area (Å²) in [6, 6.07) is 0.579. The van der Waals surface area contributed by atoms with Crippen LogP contribution in [0.1, 0.15) is 45.9 Å². The van der Waals surface area contributed by atoms with Gasteiger partial charge in [-0.3, -0.25) is 0 Å². The molecule has 0 radical (unpaired) electrons. The minimum Gasteiger partial charge on any atom is -0.356 e. The molecule has 0 saturated carbocycles. The first-order chi connectivity index (χ1) is 6.48. The normalized spacial score (nSPS) is 21.6. The van der Waals surface area contributed by atoms with E-state index in [0.717, 1.165) is 12.5 Å². The minimum atomic E-state index is 0.145. The van der Waals surface area contributed by atoms with Gasteiger partial charge in [0.1, 0.15) is 0 Å². The summed E-state index contributed by atoms with van der Waals surface area (Å²) < 4.78 is 2.25. The lowest BCUT2D eigenvalue weighted by atomic mass is 9.93. The highest BCUT2D eigenvalue weighted by atomic mass is 15.2. The van der Waals surface area contributed by atoms with Gasteiger partial charge in [0.15, 0.2) is 0 Å². The molecule has 1 N–H and O–H groups in total. The Hall–Kier alpha value is -0.990. The number of hydrogen-bond donors (Lipinski definition) is 1. The molecule has 0 spiro atoms. The first-order valence-corrected chi connectivity index (χ1v) is 5.32. The largest absolute Gasteiger partial charge is 0.356 e. The van der Waals surface area contributed by atoms with E-state index in [0.29, 0.717) is 6.04 Å². The van der Waals surface area contributed by atoms with Crippen LogP contribution in [-0.2, 0) is 5.41 Å². The molecule has 0 aliphatic carbocycles. The van der Waals surface area contributed by atoms with Gasteiger partial charge in [-0.15, -0.1) is 0 Å². The van der Waals surface area contributed by atoms with Crippen LogP contribution in [0.25, 0.3) is 0 Å². The van der Waals surface area contributed by atoms with Crippen molar-refractivity contribution in [3.63, 3.8) is 0 Å². The van der Waals surface area contributed by atoms with Gasteiger partial charge < -0.3 is 9.88 Å². The zero-order valence-corrected chi connectivity index (χ0v) is 9.46. The van der Waals surface area contributed by atoms with Crippen molar-refractivity contribution >= 4 is 5.95 Å². The van der Waals surface area contributed by atoms with Crippen molar-refractivity contribution in [3.05, 3.63) is 11.9 Å². The number of aromatic nitrogens is 2. The SMILES string of the molecule is CC1CCNc2nc(C(C)(C)C)cn21. The third-order valence-electron chi connectivity index (χ3n) is 2.82. The van der Waals surface area contributed by atoms with Crippen LogP contribution in [0.2, 0.25) is 0 Å². The lowest BCUT2D eigenvalue weighted by molar-refractivity contribution is 0.496. The third-order valence-corrected chi connectivity index (χ3v) is 2.82. The average Bonchev–Trinajstić information content (AvgIpc) is 2.48. The first kappa shape index (κ1) is 9.56. The van der Waals surface area contributed by atoms with Gasteiger partial charge >= 0.3 is 0 Å². The van der Waals surface area contributed by atoms with E-state index >= 15 is 0 Å². The van der Waals surface area contributed by atoms with Gasteiger partial charge in [0.2, 0.25) is 5.95 Å². The molecule has 2 heterocycles. The van der Waals surface area contributed by atoms with Crippen LogP contribution < -0.4 is 5.32 Å². The maximum atomic E-state index is 4.62. The van der Waals surface area contributed by atoms with E-state index in [1.54, 1.807) is 0 Å². The Morgan fingerprint density at radius 2 is 2.21 bits per heavy atom. The summed E-state index contributed by atoms with van der Waals surface area (Å²) >= 11 is 0. The summed E-state index contributed by atoms with van der Waals surface area (Å²) in [4.78, 5) is 4.62. The van der Waals surface area contributed by atoms with Crippen molar-refractivity contribution in [1.29, 1.82) is 0 Å². The van der Waals surface area contributed by atoms with E-state index in [1.165, 1.54) is 12.1 Å². The number of imidazole rings is 1. The van der Waals surface area contributed by atoms with E-state index in [4.69, 9.17) is 0 Å². The number of rotatable bonds is 0. The molecule has 1 aromatic heterocycles. The van der Waals surface area contributed by atoms with Crippen molar-refractivity contribution in [2.75, 3.05) is 11.9 Å². The lowest BCUT2D eigenvalue weighted by Crippen LogP contribution is -2.20. The van der Waals surface area contributed by atoms with Crippen LogP contribution >= 0.6 is 0 Å². The fourth-order valence-corrected chi connectivity index (χ4v) is 1.75. The second-order valence-electron chi connectivity index (χ2n) is 5.17. The van der Waals surface area contributed by atoms with Crippen LogP contribution in [0.5, 0.6) is 0 Å². The predicted octanol–water partition coefficient (Wildman–Crippen LogP) is 2.56. The van der Waals surface area contributed by atoms with Crippen LogP contribution in [0, 0.1) is 0 Å². The van der Waals surface area contributed by atoms with E-state index in [2.05, 4.69) is 48.8 Å². The maximum absolute atomic E-state index is 4.62. The number of fused-ring (bicyclic) bond motifs is 1. The highest BCUT2D eigenvalue weighted by Gasteiger charge is 2.23. The molecule has 1 atom stereocenters. The lowest BCUT2D eigenvalue weighted by Gasteiger charge is -2.22. The summed E-state index contributed by atoms with van der Waals surface area (Å²) in [7, 11) is 0. The van der Waals surface area contributed by atoms with Gasteiger partial charge in [-0.25, -0.2) is 4.98 Å². The summed E-state index contributed by atoms with van der Waals surface area (Å²) in [5.74, 6) is 1.04. The zero-order valence-electron chi connectivity index (χ0n) is 9.46. The Balaban J connectivity index is 2.40. The minimum absolute atomic E-state index is 0.145. The maximum Gasteiger partial charge on any atom is 0.203 e. The Bertz CT molecular complexity index is 333. The molecule has 0 bridgehead atoms. The van der Waals surface area contributed by atoms with E-state index < -0.39 is 0 Å². The molecular formula is C11H19N3. The molecule has 0 fully saturated rings. The van der Waals surface area contributed by atoms with E-state index in [1.807, 2.05) is 0 Å². The smallest absolute Gasteiger partial charge is 0.203 e. The number of anilines is 1. The van der Waals surface area contributed by atoms with Gasteiger partial charge in [0, 0.05) is 24.2 Å². The van der Waals surface area contributed by atoms with Gasteiger partial charge in [0.05, 0.1) is 5.69 Å². The number of hydrogen-bond acceptors (Lipinski definition) is 2. The van der Waals surface area contributed by atoms with Gasteiger partial charge in [-0.05, 0) is 13.3 Å². The van der Waals surface area contributed by atoms with Gasteiger partial charge in [-0.1, -0.05) is 20.8 Å². The first-order valence-electron chi connectivity index (χ1n) is 5.32. The van der Waals surface area contributed by atoms with Crippen molar-refractivity contribution in [2.45, 2.75) is 45.6 Å². The molecule has 0 amide bonds. The Morgan fingerprint density at radius 3 is 2.79 bits per heavy atom. The molecule has 1 aliphatic heterocycles. The highest BCUT2D eigenvalue weighted by Crippen LogP contribution is 2.28. The monoisotopic (exact) mass is 193 g/mol. The Kier molecular flexibility index (Phi) is 2.05. The summed E-state index contributed by atoms with van der Waals surface area (Å²) in [5, 5.41) is 3.34. The summed E-state index contributed by atoms with van der Waals surface area (Å²) in [6.45, 7) is 9.89. The van der Waals surface area contributed by atoms with Gasteiger partial charge in [0.25, 0.3) is 0 Å². The highest BCUT2D eigenvalue weighted by molar-refractivity contribution is 5.33. The molecule has 3 heteroatoms. The Morgan fingerprint density at radius 1 is 1.50 bits per heavy atom. The second kappa shape index (κ2) is 3.01. The average molecular weight is 193 g/mol. The molecule has 14 heavy (non-hydrogen) atoms. The van der Waals surface area contributed by atoms with Crippen molar-refractivity contribution in [2.24, 2.45) is 0 Å². The predicted molar refractivity (Wildman–Crippen MR) is 58.7 cm³/mol. The van der Waals surface area contributed by atoms with Crippen LogP contribution in [0.15, 0.2) is 6.20 Å². The van der Waals surface area contributed by atoms with E-state index in [9.17, 15) is 0 Å². The molecule has 3 nitrogen and oxygen atoms in total. The topological polar surface area (TPSA) is 29.9 Å². The standard InChI is InChI=1S/C11H19N3/c1-8-5-6-12-10-13-9(7-14(8)10)11(2,3)4/h7-8H,5-6H2,1-4H3,(H,12,13). The summed E-state index contributed by atoms with van der Waals surface area (Å²) in [5.41, 5.74) is 1.32. The Labute approximate surface area is 85.5 Å². The molecule has 1 unspecified atom stereocenters. The molecule has 0 aromatic carbocycles. The van der Waals surface area contributed by atoms with Crippen molar-refractivity contribution in [3.8, 4) is 0 Å². The number of nitrogens with one attached hydrogen (secondary N) is 1. The van der Waals surface area contributed by atoms with E-state index in [-0.39, 0.29) is 5.41 Å². The third kappa shape index (κ3) is 1.51. The van der Waals surface area contributed by atoms with Crippen LogP contribution in [-0.4, -0.2) is 16.1 Å². The molecule has 1 aromatic rings. The van der Waals surface area contributed by atoms with Crippen molar-refractivity contribution in [1.82, 2.24) is 9.55 Å². The molecule has 78 valence electrons. The van der Waals surface area contributed by atoms with Gasteiger partial charge in [-0.2, -0.15) is 0 Å². The number of nitrogens with zero attached hydrogens (tertiary/aromatic N) is 2. The summed E-state index contributed by atoms with van der Waals surface area (Å²) in [6.07, 6.45) is 3.37. The molecular weight excluding hydrogens is 174 g/mol. The molecule has 2 rings (SSSR count). The van der Waals surface area contributed by atoms with Crippen molar-refractivity contribution < 1.29 is 0 Å². The second-order valence-corrected chi connectivity index (χ2v) is 5.17. The fourth-order valence-electron chi connectivity index (χ4n) is 1.75. The fraction of sp³-hybridized carbons (Fsp3) is 0.727. The zero-order chi connectivity index (χ0) is 10.3. The van der Waals surface area contributed by atoms with Crippen LogP contribution in [0.3, 0.4) is 0 Å². The molecule has 1 aliphatic rings. The molecule has 0 saturated heterocycles. The van der Waals surface area contributed by atoms with Crippen LogP contribution in [0.4, 0.5) is 5.95 Å².